The van der Waals surface area contributed by atoms with Gasteiger partial charge in [-0.25, -0.2) is 4.68 Å². The molecule has 0 aliphatic rings. The highest BCUT2D eigenvalue weighted by molar-refractivity contribution is 7.99. The van der Waals surface area contributed by atoms with E-state index in [1.165, 1.54) is 5.56 Å². The SMILES string of the molecule is CC(CO)SCc1nnnn1Cc1ccccc1. The molecule has 6 heteroatoms. The fraction of sp³-hybridized carbons (Fsp3) is 0.417. The van der Waals surface area contributed by atoms with Gasteiger partial charge in [0.25, 0.3) is 0 Å². The molecule has 0 bridgehead atoms. The molecule has 0 amide bonds. The second-order valence-electron chi connectivity index (χ2n) is 4.04. The van der Waals surface area contributed by atoms with Crippen LogP contribution in [0.15, 0.2) is 30.3 Å². The summed E-state index contributed by atoms with van der Waals surface area (Å²) in [5.41, 5.74) is 1.17. The monoisotopic (exact) mass is 264 g/mol. The van der Waals surface area contributed by atoms with Gasteiger partial charge in [0, 0.05) is 5.25 Å². The van der Waals surface area contributed by atoms with Crippen LogP contribution in [0.25, 0.3) is 0 Å². The number of benzene rings is 1. The van der Waals surface area contributed by atoms with E-state index in [-0.39, 0.29) is 11.9 Å². The third-order valence-electron chi connectivity index (χ3n) is 2.54. The predicted molar refractivity (Wildman–Crippen MR) is 71.2 cm³/mol. The van der Waals surface area contributed by atoms with Gasteiger partial charge in [-0.2, -0.15) is 0 Å². The topological polar surface area (TPSA) is 63.8 Å². The lowest BCUT2D eigenvalue weighted by atomic mass is 10.2. The molecule has 0 radical (unpaired) electrons. The van der Waals surface area contributed by atoms with Crippen molar-refractivity contribution in [2.24, 2.45) is 0 Å². The molecule has 1 aromatic carbocycles. The third kappa shape index (κ3) is 3.54. The van der Waals surface area contributed by atoms with Crippen molar-refractivity contribution < 1.29 is 5.11 Å². The molecule has 96 valence electrons. The molecule has 2 aromatic rings. The van der Waals surface area contributed by atoms with Crippen LogP contribution in [0.1, 0.15) is 18.3 Å². The van der Waals surface area contributed by atoms with E-state index in [0.717, 1.165) is 5.82 Å². The molecule has 1 N–H and O–H groups in total. The zero-order valence-electron chi connectivity index (χ0n) is 10.2. The van der Waals surface area contributed by atoms with E-state index in [2.05, 4.69) is 27.7 Å². The molecule has 1 heterocycles. The molecular weight excluding hydrogens is 248 g/mol. The van der Waals surface area contributed by atoms with E-state index in [9.17, 15) is 0 Å². The standard InChI is InChI=1S/C12H16N4OS/c1-10(8-17)18-9-12-13-14-15-16(12)7-11-5-3-2-4-6-11/h2-6,10,17H,7-9H2,1H3. The number of thioether (sulfide) groups is 1. The zero-order chi connectivity index (χ0) is 12.8. The van der Waals surface area contributed by atoms with Gasteiger partial charge in [-0.1, -0.05) is 37.3 Å². The van der Waals surface area contributed by atoms with Gasteiger partial charge in [-0.15, -0.1) is 16.9 Å². The Bertz CT molecular complexity index is 474. The quantitative estimate of drug-likeness (QED) is 0.853. The minimum Gasteiger partial charge on any atom is -0.395 e. The normalized spacial score (nSPS) is 12.6. The van der Waals surface area contributed by atoms with Crippen LogP contribution in [0.3, 0.4) is 0 Å². The molecule has 2 rings (SSSR count). The number of tetrazole rings is 1. The maximum absolute atomic E-state index is 8.99. The number of nitrogens with zero attached hydrogens (tertiary/aromatic N) is 4. The molecule has 0 saturated heterocycles. The largest absolute Gasteiger partial charge is 0.395 e. The number of hydrogen-bond donors (Lipinski definition) is 1. The zero-order valence-corrected chi connectivity index (χ0v) is 11.0. The number of rotatable bonds is 6. The van der Waals surface area contributed by atoms with Crippen molar-refractivity contribution in [1.29, 1.82) is 0 Å². The molecule has 18 heavy (non-hydrogen) atoms. The van der Waals surface area contributed by atoms with Crippen LogP contribution < -0.4 is 0 Å². The van der Waals surface area contributed by atoms with Crippen LogP contribution in [-0.2, 0) is 12.3 Å². The Morgan fingerprint density at radius 2 is 2.11 bits per heavy atom. The summed E-state index contributed by atoms with van der Waals surface area (Å²) >= 11 is 1.65. The maximum atomic E-state index is 8.99. The van der Waals surface area contributed by atoms with Crippen LogP contribution in [-0.4, -0.2) is 37.2 Å². The second-order valence-corrected chi connectivity index (χ2v) is 5.47. The minimum absolute atomic E-state index is 0.172. The summed E-state index contributed by atoms with van der Waals surface area (Å²) in [4.78, 5) is 0. The average Bonchev–Trinajstić information content (AvgIpc) is 2.84. The van der Waals surface area contributed by atoms with Crippen molar-refractivity contribution in [3.8, 4) is 0 Å². The molecule has 1 unspecified atom stereocenters. The number of aromatic nitrogens is 4. The molecule has 0 aliphatic carbocycles. The Labute approximate surface area is 110 Å². The Morgan fingerprint density at radius 3 is 2.83 bits per heavy atom. The van der Waals surface area contributed by atoms with Crippen molar-refractivity contribution in [3.05, 3.63) is 41.7 Å². The van der Waals surface area contributed by atoms with Gasteiger partial charge in [-0.3, -0.25) is 0 Å². The molecule has 0 spiro atoms. The van der Waals surface area contributed by atoms with Crippen LogP contribution >= 0.6 is 11.8 Å². The third-order valence-corrected chi connectivity index (χ3v) is 3.68. The summed E-state index contributed by atoms with van der Waals surface area (Å²) in [6.07, 6.45) is 0. The Balaban J connectivity index is 1.99. The predicted octanol–water partition coefficient (Wildman–Crippen LogP) is 1.34. The van der Waals surface area contributed by atoms with Gasteiger partial charge >= 0.3 is 0 Å². The maximum Gasteiger partial charge on any atom is 0.161 e. The fourth-order valence-corrected chi connectivity index (χ4v) is 2.22. The molecule has 5 nitrogen and oxygen atoms in total. The second kappa shape index (κ2) is 6.51. The van der Waals surface area contributed by atoms with E-state index in [1.54, 1.807) is 16.4 Å². The van der Waals surface area contributed by atoms with Crippen molar-refractivity contribution in [1.82, 2.24) is 20.2 Å². The smallest absolute Gasteiger partial charge is 0.161 e. The lowest BCUT2D eigenvalue weighted by Crippen LogP contribution is -2.08. The van der Waals surface area contributed by atoms with E-state index in [0.29, 0.717) is 12.3 Å². The molecule has 0 fully saturated rings. The Kier molecular flexibility index (Phi) is 4.72. The van der Waals surface area contributed by atoms with Crippen LogP contribution in [0.2, 0.25) is 0 Å². The molecule has 0 aliphatic heterocycles. The van der Waals surface area contributed by atoms with Crippen molar-refractivity contribution in [2.45, 2.75) is 24.5 Å². The summed E-state index contributed by atoms with van der Waals surface area (Å²) in [5.74, 6) is 1.55. The first-order chi connectivity index (χ1) is 8.79. The van der Waals surface area contributed by atoms with Gasteiger partial charge in [0.2, 0.25) is 0 Å². The van der Waals surface area contributed by atoms with E-state index >= 15 is 0 Å². The van der Waals surface area contributed by atoms with Gasteiger partial charge in [0.1, 0.15) is 0 Å². The summed E-state index contributed by atoms with van der Waals surface area (Å²) in [6.45, 7) is 2.83. The molecule has 1 aromatic heterocycles. The first kappa shape index (κ1) is 13.0. The Hall–Kier alpha value is -1.40. The minimum atomic E-state index is 0.172. The highest BCUT2D eigenvalue weighted by atomic mass is 32.2. The summed E-state index contributed by atoms with van der Waals surface area (Å²) in [5, 5.41) is 20.9. The average molecular weight is 264 g/mol. The van der Waals surface area contributed by atoms with Crippen molar-refractivity contribution >= 4 is 11.8 Å². The van der Waals surface area contributed by atoms with Crippen LogP contribution in [0, 0.1) is 0 Å². The number of aliphatic hydroxyl groups excluding tert-OH is 1. The van der Waals surface area contributed by atoms with Crippen LogP contribution in [0.5, 0.6) is 0 Å². The highest BCUT2D eigenvalue weighted by Gasteiger charge is 2.09. The number of hydrogen-bond acceptors (Lipinski definition) is 5. The Morgan fingerprint density at radius 1 is 1.33 bits per heavy atom. The van der Waals surface area contributed by atoms with Gasteiger partial charge < -0.3 is 5.11 Å². The molecular formula is C12H16N4OS. The van der Waals surface area contributed by atoms with Crippen molar-refractivity contribution in [3.63, 3.8) is 0 Å². The van der Waals surface area contributed by atoms with Crippen LogP contribution in [0.4, 0.5) is 0 Å². The highest BCUT2D eigenvalue weighted by Crippen LogP contribution is 2.15. The van der Waals surface area contributed by atoms with Gasteiger partial charge in [0.05, 0.1) is 18.9 Å². The van der Waals surface area contributed by atoms with E-state index < -0.39 is 0 Å². The van der Waals surface area contributed by atoms with E-state index in [4.69, 9.17) is 5.11 Å². The first-order valence-electron chi connectivity index (χ1n) is 5.81. The van der Waals surface area contributed by atoms with Crippen molar-refractivity contribution in [2.75, 3.05) is 6.61 Å². The van der Waals surface area contributed by atoms with Gasteiger partial charge in [0.15, 0.2) is 5.82 Å². The molecule has 1 atom stereocenters. The van der Waals surface area contributed by atoms with Gasteiger partial charge in [-0.05, 0) is 16.0 Å². The van der Waals surface area contributed by atoms with E-state index in [1.807, 2.05) is 25.1 Å². The number of aliphatic hydroxyl groups is 1. The molecule has 0 saturated carbocycles. The lowest BCUT2D eigenvalue weighted by Gasteiger charge is -2.07. The fourth-order valence-electron chi connectivity index (χ4n) is 1.48. The summed E-state index contributed by atoms with van der Waals surface area (Å²) in [7, 11) is 0. The summed E-state index contributed by atoms with van der Waals surface area (Å²) in [6, 6.07) is 10.1. The summed E-state index contributed by atoms with van der Waals surface area (Å²) < 4.78 is 1.80. The first-order valence-corrected chi connectivity index (χ1v) is 6.86. The lowest BCUT2D eigenvalue weighted by molar-refractivity contribution is 0.300.